The van der Waals surface area contributed by atoms with Crippen LogP contribution in [-0.2, 0) is 0 Å². The Hall–Kier alpha value is -1.82. The summed E-state index contributed by atoms with van der Waals surface area (Å²) >= 11 is 1.66. The molecule has 2 aliphatic heterocycles. The monoisotopic (exact) mass is 367 g/mol. The largest absolute Gasteiger partial charge is 0.337 e. The molecule has 2 fully saturated rings. The predicted molar refractivity (Wildman–Crippen MR) is 106 cm³/mol. The molecule has 5 heteroatoms. The molecule has 2 aliphatic rings. The summed E-state index contributed by atoms with van der Waals surface area (Å²) in [6.45, 7) is 6.00. The van der Waals surface area contributed by atoms with Crippen LogP contribution < -0.4 is 5.32 Å². The molecule has 1 N–H and O–H groups in total. The van der Waals surface area contributed by atoms with Crippen molar-refractivity contribution in [2.24, 2.45) is 0 Å². The van der Waals surface area contributed by atoms with Crippen molar-refractivity contribution in [1.29, 1.82) is 0 Å². The van der Waals surface area contributed by atoms with Gasteiger partial charge in [0.15, 0.2) is 0 Å². The summed E-state index contributed by atoms with van der Waals surface area (Å²) in [5.74, 6) is 0.168. The molecule has 2 aromatic rings. The lowest BCUT2D eigenvalue weighted by atomic mass is 10.2. The number of carbonyl (C=O) groups excluding carboxylic acids is 1. The molecule has 0 bridgehead atoms. The second-order valence-corrected chi connectivity index (χ2v) is 8.01. The fraction of sp³-hybridized carbons (Fsp3) is 0.381. The maximum atomic E-state index is 13.2. The van der Waals surface area contributed by atoms with E-state index in [1.54, 1.807) is 11.8 Å². The highest BCUT2D eigenvalue weighted by Crippen LogP contribution is 2.31. The molecule has 2 aromatic carbocycles. The van der Waals surface area contributed by atoms with E-state index in [0.717, 1.165) is 61.0 Å². The van der Waals surface area contributed by atoms with Crippen molar-refractivity contribution in [2.75, 3.05) is 39.3 Å². The molecule has 0 radical (unpaired) electrons. The highest BCUT2D eigenvalue weighted by atomic mass is 32.2. The normalized spacial score (nSPS) is 21.1. The number of rotatable bonds is 4. The van der Waals surface area contributed by atoms with Gasteiger partial charge in [0.25, 0.3) is 5.91 Å². The Labute approximate surface area is 159 Å². The molecule has 4 rings (SSSR count). The zero-order valence-corrected chi connectivity index (χ0v) is 15.8. The zero-order chi connectivity index (χ0) is 17.8. The summed E-state index contributed by atoms with van der Waals surface area (Å²) in [6, 6.07) is 18.8. The number of nitrogens with one attached hydrogen (secondary N) is 1. The summed E-state index contributed by atoms with van der Waals surface area (Å²) in [7, 11) is 0. The van der Waals surface area contributed by atoms with Gasteiger partial charge in [0.05, 0.1) is 5.56 Å². The Kier molecular flexibility index (Phi) is 5.58. The molecule has 4 nitrogen and oxygen atoms in total. The van der Waals surface area contributed by atoms with E-state index in [1.165, 1.54) is 0 Å². The van der Waals surface area contributed by atoms with Crippen molar-refractivity contribution in [3.8, 4) is 0 Å². The molecule has 1 amide bonds. The van der Waals surface area contributed by atoms with Gasteiger partial charge in [-0.1, -0.05) is 42.1 Å². The number of piperazine rings is 1. The van der Waals surface area contributed by atoms with Crippen LogP contribution in [-0.4, -0.2) is 61.0 Å². The SMILES string of the molecule is O=C(c1ccccc1Sc1ccccc1)N1CCC(N2CCNCC2)C1. The van der Waals surface area contributed by atoms with E-state index in [0.29, 0.717) is 6.04 Å². The fourth-order valence-corrected chi connectivity index (χ4v) is 4.75. The predicted octanol–water partition coefficient (Wildman–Crippen LogP) is 2.96. The van der Waals surface area contributed by atoms with Crippen LogP contribution in [0.5, 0.6) is 0 Å². The Morgan fingerprint density at radius 3 is 2.50 bits per heavy atom. The van der Waals surface area contributed by atoms with Crippen LogP contribution in [0.2, 0.25) is 0 Å². The van der Waals surface area contributed by atoms with Crippen LogP contribution in [0.15, 0.2) is 64.4 Å². The molecule has 1 atom stereocenters. The zero-order valence-electron chi connectivity index (χ0n) is 14.9. The number of carbonyl (C=O) groups is 1. The molecule has 2 heterocycles. The van der Waals surface area contributed by atoms with E-state index >= 15 is 0 Å². The number of likely N-dealkylation sites (tertiary alicyclic amines) is 1. The minimum absolute atomic E-state index is 0.168. The van der Waals surface area contributed by atoms with E-state index in [2.05, 4.69) is 28.4 Å². The van der Waals surface area contributed by atoms with Gasteiger partial charge in [-0.3, -0.25) is 9.69 Å². The number of amides is 1. The van der Waals surface area contributed by atoms with Gasteiger partial charge in [0.2, 0.25) is 0 Å². The summed E-state index contributed by atoms with van der Waals surface area (Å²) in [4.78, 5) is 19.9. The van der Waals surface area contributed by atoms with Gasteiger partial charge in [-0.15, -0.1) is 0 Å². The molecule has 1 unspecified atom stereocenters. The third-order valence-corrected chi connectivity index (χ3v) is 6.29. The van der Waals surface area contributed by atoms with Crippen LogP contribution in [0, 0.1) is 0 Å². The van der Waals surface area contributed by atoms with Crippen molar-refractivity contribution in [3.63, 3.8) is 0 Å². The minimum Gasteiger partial charge on any atom is -0.337 e. The third-order valence-electron chi connectivity index (χ3n) is 5.21. The summed E-state index contributed by atoms with van der Waals surface area (Å²) < 4.78 is 0. The Bertz CT molecular complexity index is 746. The first-order chi connectivity index (χ1) is 12.8. The van der Waals surface area contributed by atoms with E-state index in [1.807, 2.05) is 41.3 Å². The van der Waals surface area contributed by atoms with Crippen LogP contribution >= 0.6 is 11.8 Å². The van der Waals surface area contributed by atoms with Gasteiger partial charge in [0.1, 0.15) is 0 Å². The Balaban J connectivity index is 1.46. The average Bonchev–Trinajstić information content (AvgIpc) is 3.20. The van der Waals surface area contributed by atoms with Gasteiger partial charge in [-0.05, 0) is 30.7 Å². The Morgan fingerprint density at radius 1 is 0.962 bits per heavy atom. The van der Waals surface area contributed by atoms with Crippen molar-refractivity contribution < 1.29 is 4.79 Å². The number of nitrogens with zero attached hydrogens (tertiary/aromatic N) is 2. The number of hydrogen-bond acceptors (Lipinski definition) is 4. The fourth-order valence-electron chi connectivity index (χ4n) is 3.79. The molecule has 136 valence electrons. The van der Waals surface area contributed by atoms with Crippen LogP contribution in [0.25, 0.3) is 0 Å². The topological polar surface area (TPSA) is 35.6 Å². The standard InChI is InChI=1S/C21H25N3OS/c25-21(24-13-10-17(16-24)23-14-11-22-12-15-23)19-8-4-5-9-20(19)26-18-6-2-1-3-7-18/h1-9,17,22H,10-16H2. The van der Waals surface area contributed by atoms with E-state index in [-0.39, 0.29) is 5.91 Å². The maximum Gasteiger partial charge on any atom is 0.255 e. The lowest BCUT2D eigenvalue weighted by Crippen LogP contribution is -2.49. The summed E-state index contributed by atoms with van der Waals surface area (Å²) in [5, 5.41) is 3.40. The first-order valence-corrected chi connectivity index (χ1v) is 10.2. The van der Waals surface area contributed by atoms with Gasteiger partial charge in [0, 0.05) is 55.1 Å². The van der Waals surface area contributed by atoms with Crippen molar-refractivity contribution in [2.45, 2.75) is 22.3 Å². The molecule has 0 spiro atoms. The highest BCUT2D eigenvalue weighted by Gasteiger charge is 2.32. The lowest BCUT2D eigenvalue weighted by molar-refractivity contribution is 0.0770. The summed E-state index contributed by atoms with van der Waals surface area (Å²) in [6.07, 6.45) is 1.08. The molecule has 2 saturated heterocycles. The van der Waals surface area contributed by atoms with Gasteiger partial charge in [-0.25, -0.2) is 0 Å². The van der Waals surface area contributed by atoms with Crippen LogP contribution in [0.1, 0.15) is 16.8 Å². The van der Waals surface area contributed by atoms with Crippen LogP contribution in [0.3, 0.4) is 0 Å². The number of hydrogen-bond donors (Lipinski definition) is 1. The van der Waals surface area contributed by atoms with Gasteiger partial charge < -0.3 is 10.2 Å². The van der Waals surface area contributed by atoms with Crippen molar-refractivity contribution >= 4 is 17.7 Å². The van der Waals surface area contributed by atoms with E-state index < -0.39 is 0 Å². The molecule has 0 saturated carbocycles. The highest BCUT2D eigenvalue weighted by molar-refractivity contribution is 7.99. The first kappa shape index (κ1) is 17.6. The smallest absolute Gasteiger partial charge is 0.255 e. The van der Waals surface area contributed by atoms with Gasteiger partial charge >= 0.3 is 0 Å². The second kappa shape index (κ2) is 8.25. The summed E-state index contributed by atoms with van der Waals surface area (Å²) in [5.41, 5.74) is 0.822. The van der Waals surface area contributed by atoms with E-state index in [4.69, 9.17) is 0 Å². The molecule has 26 heavy (non-hydrogen) atoms. The van der Waals surface area contributed by atoms with Crippen LogP contribution in [0.4, 0.5) is 0 Å². The third kappa shape index (κ3) is 3.95. The number of benzene rings is 2. The van der Waals surface area contributed by atoms with Gasteiger partial charge in [-0.2, -0.15) is 0 Å². The van der Waals surface area contributed by atoms with E-state index in [9.17, 15) is 4.79 Å². The average molecular weight is 368 g/mol. The molecular weight excluding hydrogens is 342 g/mol. The first-order valence-electron chi connectivity index (χ1n) is 9.37. The minimum atomic E-state index is 0.168. The Morgan fingerprint density at radius 2 is 1.69 bits per heavy atom. The quantitative estimate of drug-likeness (QED) is 0.901. The lowest BCUT2D eigenvalue weighted by Gasteiger charge is -2.32. The molecular formula is C21H25N3OS. The second-order valence-electron chi connectivity index (χ2n) is 6.89. The van der Waals surface area contributed by atoms with Crippen molar-refractivity contribution in [1.82, 2.24) is 15.1 Å². The maximum absolute atomic E-state index is 13.2. The molecule has 0 aromatic heterocycles. The van der Waals surface area contributed by atoms with Crippen molar-refractivity contribution in [3.05, 3.63) is 60.2 Å². The molecule has 0 aliphatic carbocycles.